The summed E-state index contributed by atoms with van der Waals surface area (Å²) in [6.07, 6.45) is 2.20. The van der Waals surface area contributed by atoms with Crippen LogP contribution in [0.4, 0.5) is 0 Å². The summed E-state index contributed by atoms with van der Waals surface area (Å²) >= 11 is 1.89. The molecule has 1 atom stereocenters. The van der Waals surface area contributed by atoms with Crippen molar-refractivity contribution < 1.29 is 24.2 Å². The van der Waals surface area contributed by atoms with E-state index in [2.05, 4.69) is 72.8 Å². The number of rotatable bonds is 14. The van der Waals surface area contributed by atoms with Gasteiger partial charge in [-0.3, -0.25) is 9.59 Å². The number of nitrogens with zero attached hydrogens (tertiary/aromatic N) is 1. The van der Waals surface area contributed by atoms with Crippen LogP contribution in [0.25, 0.3) is 0 Å². The zero-order valence-corrected chi connectivity index (χ0v) is 25.2. The summed E-state index contributed by atoms with van der Waals surface area (Å²) < 4.78 is 4.88. The Balaban J connectivity index is 1.63. The molecule has 3 aromatic carbocycles. The topological polar surface area (TPSA) is 83.9 Å². The van der Waals surface area contributed by atoms with Crippen molar-refractivity contribution >= 4 is 29.6 Å². The van der Waals surface area contributed by atoms with Crippen molar-refractivity contribution in [1.82, 2.24) is 4.90 Å². The van der Waals surface area contributed by atoms with Crippen LogP contribution in [-0.2, 0) is 23.9 Å². The molecule has 0 fully saturated rings. The van der Waals surface area contributed by atoms with Gasteiger partial charge in [-0.15, -0.1) is 11.8 Å². The van der Waals surface area contributed by atoms with Crippen LogP contribution < -0.4 is 0 Å². The molecule has 0 saturated heterocycles. The molecule has 3 rings (SSSR count). The molecular formula is C34H41NO5S. The van der Waals surface area contributed by atoms with Gasteiger partial charge >= 0.3 is 11.9 Å². The number of amides is 1. The van der Waals surface area contributed by atoms with Crippen molar-refractivity contribution in [2.45, 2.75) is 69.3 Å². The van der Waals surface area contributed by atoms with Crippen LogP contribution in [0.15, 0.2) is 91.0 Å². The molecule has 0 bridgehead atoms. The first-order valence-corrected chi connectivity index (χ1v) is 15.0. The van der Waals surface area contributed by atoms with Crippen LogP contribution in [0.3, 0.4) is 0 Å². The Morgan fingerprint density at radius 2 is 1.24 bits per heavy atom. The van der Waals surface area contributed by atoms with Gasteiger partial charge in [-0.1, -0.05) is 97.4 Å². The van der Waals surface area contributed by atoms with E-state index < -0.39 is 23.6 Å². The maximum absolute atomic E-state index is 12.8. The van der Waals surface area contributed by atoms with Gasteiger partial charge in [-0.25, -0.2) is 4.79 Å². The lowest BCUT2D eigenvalue weighted by Gasteiger charge is -2.35. The molecule has 0 aliphatic heterocycles. The van der Waals surface area contributed by atoms with Crippen LogP contribution in [0, 0.1) is 0 Å². The number of hydrogen-bond donors (Lipinski definition) is 1. The summed E-state index contributed by atoms with van der Waals surface area (Å²) in [6, 6.07) is 30.4. The average molecular weight is 576 g/mol. The first kappa shape index (κ1) is 31.9. The summed E-state index contributed by atoms with van der Waals surface area (Å²) in [5, 5.41) is 9.64. The number of ether oxygens (including phenoxy) is 1. The molecule has 0 radical (unpaired) electrons. The Morgan fingerprint density at radius 1 is 0.780 bits per heavy atom. The number of aliphatic carboxylic acids is 1. The Bertz CT molecular complexity index is 1160. The Kier molecular flexibility index (Phi) is 11.6. The van der Waals surface area contributed by atoms with E-state index in [-0.39, 0.29) is 23.5 Å². The van der Waals surface area contributed by atoms with E-state index in [1.54, 1.807) is 20.8 Å². The van der Waals surface area contributed by atoms with E-state index in [4.69, 9.17) is 4.74 Å². The minimum Gasteiger partial charge on any atom is -0.480 e. The first-order chi connectivity index (χ1) is 19.5. The molecule has 6 nitrogen and oxygen atoms in total. The Labute approximate surface area is 248 Å². The smallest absolute Gasteiger partial charge is 0.327 e. The third-order valence-electron chi connectivity index (χ3n) is 6.82. The van der Waals surface area contributed by atoms with Gasteiger partial charge < -0.3 is 14.7 Å². The quantitative estimate of drug-likeness (QED) is 0.128. The standard InChI is InChI=1S/C34H41NO5S/c1-33(2,3)40-31(37)25-29(32(38)39)35(4)30(36)23-15-8-16-24-41-34(26-17-9-5-10-18-26,27-19-11-6-12-20-27)28-21-13-7-14-22-28/h5-7,9-14,17-22,29H,8,15-16,23-25H2,1-4H3,(H,38,39)/t29-/m0/s1. The molecular weight excluding hydrogens is 534 g/mol. The number of carboxylic acids is 1. The number of unbranched alkanes of at least 4 members (excludes halogenated alkanes) is 2. The molecule has 0 saturated carbocycles. The normalized spacial score (nSPS) is 12.4. The SMILES string of the molecule is CN(C(=O)CCCCCSC(c1ccccc1)(c1ccccc1)c1ccccc1)[C@@H](CC(=O)OC(C)(C)C)C(=O)O. The van der Waals surface area contributed by atoms with Gasteiger partial charge in [0.1, 0.15) is 11.6 Å². The number of carboxylic acid groups (broad SMARTS) is 1. The molecule has 1 amide bonds. The Hall–Kier alpha value is -3.58. The highest BCUT2D eigenvalue weighted by Gasteiger charge is 2.36. The maximum Gasteiger partial charge on any atom is 0.327 e. The fourth-order valence-electron chi connectivity index (χ4n) is 4.83. The highest BCUT2D eigenvalue weighted by Crippen LogP contribution is 2.48. The third kappa shape index (κ3) is 8.95. The van der Waals surface area contributed by atoms with Crippen LogP contribution in [0.5, 0.6) is 0 Å². The van der Waals surface area contributed by atoms with Crippen molar-refractivity contribution in [2.75, 3.05) is 12.8 Å². The summed E-state index contributed by atoms with van der Waals surface area (Å²) in [4.78, 5) is 38.0. The second-order valence-corrected chi connectivity index (χ2v) is 12.4. The largest absolute Gasteiger partial charge is 0.480 e. The van der Waals surface area contributed by atoms with Crippen LogP contribution >= 0.6 is 11.8 Å². The minimum atomic E-state index is -1.25. The lowest BCUT2D eigenvalue weighted by molar-refractivity contribution is -0.161. The van der Waals surface area contributed by atoms with Crippen molar-refractivity contribution in [3.8, 4) is 0 Å². The number of benzene rings is 3. The number of likely N-dealkylation sites (N-methyl/N-ethyl adjacent to an activating group) is 1. The highest BCUT2D eigenvalue weighted by molar-refractivity contribution is 8.00. The minimum absolute atomic E-state index is 0.223. The molecule has 0 aliphatic carbocycles. The fourth-order valence-corrected chi connectivity index (χ4v) is 6.39. The zero-order valence-electron chi connectivity index (χ0n) is 24.4. The number of hydrogen-bond acceptors (Lipinski definition) is 5. The fraction of sp³-hybridized carbons (Fsp3) is 0.382. The summed E-state index contributed by atoms with van der Waals surface area (Å²) in [5.41, 5.74) is 2.91. The van der Waals surface area contributed by atoms with Gasteiger partial charge in [0, 0.05) is 13.5 Å². The van der Waals surface area contributed by atoms with Gasteiger partial charge in [0.05, 0.1) is 11.2 Å². The van der Waals surface area contributed by atoms with E-state index in [9.17, 15) is 19.5 Å². The van der Waals surface area contributed by atoms with Gasteiger partial charge in [0.2, 0.25) is 5.91 Å². The van der Waals surface area contributed by atoms with Gasteiger partial charge in [0.15, 0.2) is 0 Å². The van der Waals surface area contributed by atoms with E-state index in [1.807, 2.05) is 30.0 Å². The van der Waals surface area contributed by atoms with Crippen molar-refractivity contribution in [1.29, 1.82) is 0 Å². The van der Waals surface area contributed by atoms with E-state index in [0.717, 1.165) is 23.5 Å². The lowest BCUT2D eigenvalue weighted by Crippen LogP contribution is -2.44. The van der Waals surface area contributed by atoms with Crippen molar-refractivity contribution in [3.05, 3.63) is 108 Å². The predicted octanol–water partition coefficient (Wildman–Crippen LogP) is 6.92. The van der Waals surface area contributed by atoms with Crippen LogP contribution in [0.2, 0.25) is 0 Å². The lowest BCUT2D eigenvalue weighted by atomic mass is 9.84. The molecule has 0 unspecified atom stereocenters. The first-order valence-electron chi connectivity index (χ1n) is 14.1. The molecule has 3 aromatic rings. The summed E-state index contributed by atoms with van der Waals surface area (Å²) in [7, 11) is 1.44. The van der Waals surface area contributed by atoms with Crippen molar-refractivity contribution in [2.24, 2.45) is 0 Å². The van der Waals surface area contributed by atoms with Crippen LogP contribution in [0.1, 0.15) is 69.6 Å². The molecule has 218 valence electrons. The third-order valence-corrected chi connectivity index (χ3v) is 8.45. The summed E-state index contributed by atoms with van der Waals surface area (Å²) in [6.45, 7) is 5.16. The molecule has 0 spiro atoms. The second-order valence-electron chi connectivity index (χ2n) is 11.1. The highest BCUT2D eigenvalue weighted by atomic mass is 32.2. The number of carbonyl (C=O) groups excluding carboxylic acids is 2. The van der Waals surface area contributed by atoms with Gasteiger partial charge in [0.25, 0.3) is 0 Å². The zero-order chi connectivity index (χ0) is 29.9. The van der Waals surface area contributed by atoms with E-state index in [0.29, 0.717) is 6.42 Å². The van der Waals surface area contributed by atoms with Gasteiger partial charge in [-0.05, 0) is 56.1 Å². The molecule has 0 aromatic heterocycles. The van der Waals surface area contributed by atoms with E-state index in [1.165, 1.54) is 23.7 Å². The van der Waals surface area contributed by atoms with Crippen molar-refractivity contribution in [3.63, 3.8) is 0 Å². The number of esters is 1. The molecule has 1 N–H and O–H groups in total. The van der Waals surface area contributed by atoms with Crippen LogP contribution in [-0.4, -0.2) is 52.3 Å². The summed E-state index contributed by atoms with van der Waals surface area (Å²) in [5.74, 6) is -1.28. The number of carbonyl (C=O) groups is 3. The molecule has 41 heavy (non-hydrogen) atoms. The van der Waals surface area contributed by atoms with Gasteiger partial charge in [-0.2, -0.15) is 0 Å². The number of thioether (sulfide) groups is 1. The monoisotopic (exact) mass is 575 g/mol. The average Bonchev–Trinajstić information content (AvgIpc) is 2.95. The molecule has 0 aliphatic rings. The maximum atomic E-state index is 12.8. The Morgan fingerprint density at radius 3 is 1.66 bits per heavy atom. The second kappa shape index (κ2) is 14.9. The predicted molar refractivity (Wildman–Crippen MR) is 165 cm³/mol. The molecule has 7 heteroatoms. The molecule has 0 heterocycles. The van der Waals surface area contributed by atoms with E-state index >= 15 is 0 Å².